The molecule has 0 aliphatic rings. The number of aliphatic hydroxyl groups excluding tert-OH is 1. The zero-order valence-electron chi connectivity index (χ0n) is 10.9. The molecular weight excluding hydrogens is 214 g/mol. The fourth-order valence-corrected chi connectivity index (χ4v) is 1.70. The van der Waals surface area contributed by atoms with E-state index in [1.807, 2.05) is 0 Å². The van der Waals surface area contributed by atoms with Gasteiger partial charge in [0.25, 0.3) is 0 Å². The maximum Gasteiger partial charge on any atom is 0.0973 e. The van der Waals surface area contributed by atoms with Crippen LogP contribution in [0.4, 0.5) is 0 Å². The number of aliphatic hydroxyl groups is 2. The predicted molar refractivity (Wildman–Crippen MR) is 69.9 cm³/mol. The largest absolute Gasteiger partial charge is 0.393 e. The minimum absolute atomic E-state index is 0.216. The highest BCUT2D eigenvalue weighted by Gasteiger charge is 2.20. The number of benzene rings is 1. The fourth-order valence-electron chi connectivity index (χ4n) is 1.70. The molecule has 0 bridgehead atoms. The SMILES string of the molecule is CCC(NCC(C)(O)CO)c1ccc(C)cc1. The van der Waals surface area contributed by atoms with Crippen LogP contribution in [0, 0.1) is 6.92 Å². The van der Waals surface area contributed by atoms with Crippen molar-refractivity contribution in [1.82, 2.24) is 5.32 Å². The van der Waals surface area contributed by atoms with Crippen LogP contribution < -0.4 is 5.32 Å². The second-order valence-corrected chi connectivity index (χ2v) is 4.91. The summed E-state index contributed by atoms with van der Waals surface area (Å²) in [5, 5.41) is 22.0. The Bertz CT molecular complexity index is 333. The topological polar surface area (TPSA) is 52.5 Å². The zero-order valence-corrected chi connectivity index (χ0v) is 10.9. The van der Waals surface area contributed by atoms with E-state index in [0.29, 0.717) is 6.54 Å². The molecular formula is C14H23NO2. The highest BCUT2D eigenvalue weighted by atomic mass is 16.3. The van der Waals surface area contributed by atoms with Crippen LogP contribution in [-0.4, -0.2) is 29.0 Å². The van der Waals surface area contributed by atoms with Crippen LogP contribution in [0.5, 0.6) is 0 Å². The first-order valence-electron chi connectivity index (χ1n) is 6.11. The molecule has 0 spiro atoms. The van der Waals surface area contributed by atoms with E-state index in [0.717, 1.165) is 6.42 Å². The third-order valence-corrected chi connectivity index (χ3v) is 2.96. The summed E-state index contributed by atoms with van der Waals surface area (Å²) >= 11 is 0. The molecule has 0 fully saturated rings. The molecule has 0 radical (unpaired) electrons. The van der Waals surface area contributed by atoms with Gasteiger partial charge in [-0.05, 0) is 25.8 Å². The van der Waals surface area contributed by atoms with Crippen molar-refractivity contribution in [3.63, 3.8) is 0 Å². The summed E-state index contributed by atoms with van der Waals surface area (Å²) in [4.78, 5) is 0. The van der Waals surface area contributed by atoms with Gasteiger partial charge in [0.15, 0.2) is 0 Å². The van der Waals surface area contributed by atoms with E-state index in [1.165, 1.54) is 11.1 Å². The van der Waals surface area contributed by atoms with Crippen molar-refractivity contribution in [2.45, 2.75) is 38.8 Å². The maximum absolute atomic E-state index is 9.75. The van der Waals surface area contributed by atoms with Crippen LogP contribution in [0.15, 0.2) is 24.3 Å². The third kappa shape index (κ3) is 4.46. The molecule has 0 aliphatic carbocycles. The van der Waals surface area contributed by atoms with Gasteiger partial charge < -0.3 is 15.5 Å². The number of hydrogen-bond acceptors (Lipinski definition) is 3. The van der Waals surface area contributed by atoms with Gasteiger partial charge in [0, 0.05) is 12.6 Å². The predicted octanol–water partition coefficient (Wildman–Crippen LogP) is 1.78. The number of hydrogen-bond donors (Lipinski definition) is 3. The van der Waals surface area contributed by atoms with Crippen molar-refractivity contribution in [1.29, 1.82) is 0 Å². The van der Waals surface area contributed by atoms with Gasteiger partial charge in [-0.2, -0.15) is 0 Å². The minimum Gasteiger partial charge on any atom is -0.393 e. The van der Waals surface area contributed by atoms with E-state index in [-0.39, 0.29) is 12.6 Å². The van der Waals surface area contributed by atoms with Crippen LogP contribution in [0.3, 0.4) is 0 Å². The summed E-state index contributed by atoms with van der Waals surface area (Å²) in [5.41, 5.74) is 1.40. The summed E-state index contributed by atoms with van der Waals surface area (Å²) in [6.45, 7) is 5.95. The van der Waals surface area contributed by atoms with E-state index in [2.05, 4.69) is 43.4 Å². The van der Waals surface area contributed by atoms with Crippen molar-refractivity contribution in [3.05, 3.63) is 35.4 Å². The van der Waals surface area contributed by atoms with Crippen LogP contribution in [0.2, 0.25) is 0 Å². The molecule has 0 aromatic heterocycles. The van der Waals surface area contributed by atoms with Crippen LogP contribution in [0.25, 0.3) is 0 Å². The number of aryl methyl sites for hydroxylation is 1. The van der Waals surface area contributed by atoms with E-state index in [1.54, 1.807) is 6.92 Å². The first-order valence-corrected chi connectivity index (χ1v) is 6.11. The molecule has 17 heavy (non-hydrogen) atoms. The zero-order chi connectivity index (χ0) is 12.9. The van der Waals surface area contributed by atoms with E-state index < -0.39 is 5.60 Å². The molecule has 3 heteroatoms. The summed E-state index contributed by atoms with van der Waals surface area (Å²) in [7, 11) is 0. The first-order chi connectivity index (χ1) is 7.98. The molecule has 96 valence electrons. The van der Waals surface area contributed by atoms with Crippen molar-refractivity contribution < 1.29 is 10.2 Å². The molecule has 1 rings (SSSR count). The Labute approximate surface area is 103 Å². The maximum atomic E-state index is 9.75. The minimum atomic E-state index is -1.06. The lowest BCUT2D eigenvalue weighted by Gasteiger charge is -2.25. The van der Waals surface area contributed by atoms with Gasteiger partial charge in [0.2, 0.25) is 0 Å². The first kappa shape index (κ1) is 14.2. The molecule has 0 heterocycles. The Morgan fingerprint density at radius 1 is 1.29 bits per heavy atom. The molecule has 3 N–H and O–H groups in total. The molecule has 0 amide bonds. The van der Waals surface area contributed by atoms with Crippen LogP contribution in [-0.2, 0) is 0 Å². The highest BCUT2D eigenvalue weighted by molar-refractivity contribution is 5.24. The third-order valence-electron chi connectivity index (χ3n) is 2.96. The van der Waals surface area contributed by atoms with Gasteiger partial charge in [-0.1, -0.05) is 36.8 Å². The average molecular weight is 237 g/mol. The molecule has 2 atom stereocenters. The van der Waals surface area contributed by atoms with Crippen LogP contribution in [0.1, 0.15) is 37.4 Å². The molecule has 1 aromatic rings. The second kappa shape index (κ2) is 6.15. The van der Waals surface area contributed by atoms with Crippen molar-refractivity contribution in [3.8, 4) is 0 Å². The van der Waals surface area contributed by atoms with Gasteiger partial charge in [0.05, 0.1) is 12.2 Å². The van der Waals surface area contributed by atoms with Gasteiger partial charge in [-0.25, -0.2) is 0 Å². The molecule has 0 saturated heterocycles. The lowest BCUT2D eigenvalue weighted by Crippen LogP contribution is -2.42. The van der Waals surface area contributed by atoms with Crippen molar-refractivity contribution >= 4 is 0 Å². The van der Waals surface area contributed by atoms with Crippen molar-refractivity contribution in [2.24, 2.45) is 0 Å². The smallest absolute Gasteiger partial charge is 0.0973 e. The average Bonchev–Trinajstić information content (AvgIpc) is 2.32. The lowest BCUT2D eigenvalue weighted by molar-refractivity contribution is 0.000593. The Kier molecular flexibility index (Phi) is 5.12. The van der Waals surface area contributed by atoms with E-state index >= 15 is 0 Å². The summed E-state index contributed by atoms with van der Waals surface area (Å²) in [6, 6.07) is 8.59. The molecule has 3 nitrogen and oxygen atoms in total. The van der Waals surface area contributed by atoms with Gasteiger partial charge in [0.1, 0.15) is 0 Å². The summed E-state index contributed by atoms with van der Waals surface area (Å²) in [6.07, 6.45) is 0.949. The van der Waals surface area contributed by atoms with Crippen molar-refractivity contribution in [2.75, 3.05) is 13.2 Å². The van der Waals surface area contributed by atoms with E-state index in [9.17, 15) is 5.11 Å². The van der Waals surface area contributed by atoms with E-state index in [4.69, 9.17) is 5.11 Å². The summed E-state index contributed by atoms with van der Waals surface area (Å²) < 4.78 is 0. The normalized spacial score (nSPS) is 16.5. The molecule has 2 unspecified atom stereocenters. The highest BCUT2D eigenvalue weighted by Crippen LogP contribution is 2.17. The van der Waals surface area contributed by atoms with Gasteiger partial charge >= 0.3 is 0 Å². The number of nitrogens with one attached hydrogen (secondary N) is 1. The summed E-state index contributed by atoms with van der Waals surface area (Å²) in [5.74, 6) is 0. The lowest BCUT2D eigenvalue weighted by atomic mass is 10.0. The van der Waals surface area contributed by atoms with Gasteiger partial charge in [-0.3, -0.25) is 0 Å². The fraction of sp³-hybridized carbons (Fsp3) is 0.571. The Morgan fingerprint density at radius 2 is 1.88 bits per heavy atom. The monoisotopic (exact) mass is 237 g/mol. The Morgan fingerprint density at radius 3 is 2.35 bits per heavy atom. The Hall–Kier alpha value is -0.900. The standard InChI is InChI=1S/C14H23NO2/c1-4-13(15-9-14(3,17)10-16)12-7-5-11(2)6-8-12/h5-8,13,15-17H,4,9-10H2,1-3H3. The molecule has 0 saturated carbocycles. The molecule has 0 aliphatic heterocycles. The molecule has 1 aromatic carbocycles. The van der Waals surface area contributed by atoms with Gasteiger partial charge in [-0.15, -0.1) is 0 Å². The number of rotatable bonds is 6. The quantitative estimate of drug-likeness (QED) is 0.707. The Balaban J connectivity index is 2.63. The van der Waals surface area contributed by atoms with Crippen LogP contribution >= 0.6 is 0 Å². The second-order valence-electron chi connectivity index (χ2n) is 4.91.